The van der Waals surface area contributed by atoms with E-state index in [0.717, 1.165) is 17.8 Å². The van der Waals surface area contributed by atoms with E-state index in [4.69, 9.17) is 0 Å². The van der Waals surface area contributed by atoms with Gasteiger partial charge < -0.3 is 14.8 Å². The van der Waals surface area contributed by atoms with Crippen molar-refractivity contribution in [3.63, 3.8) is 0 Å². The van der Waals surface area contributed by atoms with Crippen LogP contribution < -0.4 is 5.32 Å². The molecule has 2 aromatic heterocycles. The Morgan fingerprint density at radius 3 is 2.33 bits per heavy atom. The van der Waals surface area contributed by atoms with Gasteiger partial charge in [0.25, 0.3) is 5.91 Å². The molecule has 0 unspecified atom stereocenters. The number of aryl methyl sites for hydroxylation is 1. The number of hydrogen-bond acceptors (Lipinski definition) is 3. The van der Waals surface area contributed by atoms with Gasteiger partial charge in [-0.15, -0.1) is 0 Å². The van der Waals surface area contributed by atoms with Crippen molar-refractivity contribution < 1.29 is 18.4 Å². The monoisotopic (exact) mass is 489 g/mol. The van der Waals surface area contributed by atoms with Gasteiger partial charge >= 0.3 is 0 Å². The van der Waals surface area contributed by atoms with Crippen molar-refractivity contribution in [3.8, 4) is 11.5 Å². The molecule has 3 heterocycles. The average Bonchev–Trinajstić information content (AvgIpc) is 3.53. The molecule has 1 fully saturated rings. The van der Waals surface area contributed by atoms with Gasteiger partial charge in [0.15, 0.2) is 5.82 Å². The molecule has 2 amide bonds. The Bertz CT molecular complexity index is 1390. The molecule has 36 heavy (non-hydrogen) atoms. The number of rotatable bonds is 5. The van der Waals surface area contributed by atoms with Crippen molar-refractivity contribution in [1.82, 2.24) is 19.2 Å². The second kappa shape index (κ2) is 9.77. The summed E-state index contributed by atoms with van der Waals surface area (Å²) in [6.45, 7) is 2.57. The first-order valence-electron chi connectivity index (χ1n) is 11.8. The van der Waals surface area contributed by atoms with Crippen molar-refractivity contribution in [2.45, 2.75) is 19.8 Å². The molecule has 0 atom stereocenters. The van der Waals surface area contributed by atoms with Crippen molar-refractivity contribution in [2.75, 3.05) is 18.4 Å². The van der Waals surface area contributed by atoms with Crippen LogP contribution in [-0.2, 0) is 4.79 Å². The van der Waals surface area contributed by atoms with Crippen LogP contribution in [-0.4, -0.2) is 44.2 Å². The number of para-hydroxylation sites is 1. The molecule has 7 nitrogen and oxygen atoms in total. The number of carbonyl (C=O) groups excluding carboxylic acids is 2. The number of aromatic nitrogens is 3. The number of anilines is 1. The summed E-state index contributed by atoms with van der Waals surface area (Å²) in [5.41, 5.74) is 1.90. The van der Waals surface area contributed by atoms with E-state index in [1.165, 1.54) is 6.07 Å². The van der Waals surface area contributed by atoms with E-state index >= 15 is 0 Å². The molecule has 0 bridgehead atoms. The number of likely N-dealkylation sites (tertiary alicyclic amines) is 1. The summed E-state index contributed by atoms with van der Waals surface area (Å²) in [6.07, 6.45) is 4.62. The number of nitrogens with zero attached hydrogens (tertiary/aromatic N) is 4. The molecule has 9 heteroatoms. The van der Waals surface area contributed by atoms with Crippen LogP contribution in [0.25, 0.3) is 11.5 Å². The number of piperidine rings is 1. The van der Waals surface area contributed by atoms with Crippen LogP contribution in [0.2, 0.25) is 0 Å². The lowest BCUT2D eigenvalue weighted by molar-refractivity contribution is -0.121. The summed E-state index contributed by atoms with van der Waals surface area (Å²) < 4.78 is 30.7. The molecule has 2 aromatic carbocycles. The maximum Gasteiger partial charge on any atom is 0.259 e. The highest BCUT2D eigenvalue weighted by molar-refractivity contribution is 5.99. The third-order valence-electron chi connectivity index (χ3n) is 6.44. The van der Waals surface area contributed by atoms with Gasteiger partial charge in [0.2, 0.25) is 5.91 Å². The fraction of sp³-hybridized carbons (Fsp3) is 0.222. The van der Waals surface area contributed by atoms with E-state index in [1.54, 1.807) is 9.58 Å². The molecular formula is C27H25F2N5O2. The van der Waals surface area contributed by atoms with Crippen LogP contribution in [0, 0.1) is 24.5 Å². The molecule has 4 aromatic rings. The zero-order valence-corrected chi connectivity index (χ0v) is 19.7. The van der Waals surface area contributed by atoms with Gasteiger partial charge in [0, 0.05) is 37.5 Å². The topological polar surface area (TPSA) is 72.2 Å². The number of carbonyl (C=O) groups is 2. The second-order valence-electron chi connectivity index (χ2n) is 8.80. The van der Waals surface area contributed by atoms with Gasteiger partial charge in [0.05, 0.1) is 17.1 Å². The maximum atomic E-state index is 13.9. The lowest BCUT2D eigenvalue weighted by Crippen LogP contribution is -2.42. The van der Waals surface area contributed by atoms with E-state index < -0.39 is 11.6 Å². The van der Waals surface area contributed by atoms with Gasteiger partial charge in [-0.25, -0.2) is 13.5 Å². The standard InChI is InChI=1S/C27H25F2N5O2/c1-18-24(26(32-13-5-6-14-32)34(31-18)21-7-3-2-4-8-21)27(36)33-15-11-19(12-16-33)25(35)30-23-10-9-20(28)17-22(23)29/h2-10,13-14,17,19H,11-12,15-16H2,1H3,(H,30,35). The first-order chi connectivity index (χ1) is 17.4. The summed E-state index contributed by atoms with van der Waals surface area (Å²) >= 11 is 0. The Morgan fingerprint density at radius 1 is 0.972 bits per heavy atom. The molecule has 0 aliphatic carbocycles. The van der Waals surface area contributed by atoms with Crippen molar-refractivity contribution >= 4 is 17.5 Å². The summed E-state index contributed by atoms with van der Waals surface area (Å²) in [5.74, 6) is -1.74. The van der Waals surface area contributed by atoms with E-state index in [1.807, 2.05) is 66.3 Å². The molecule has 1 N–H and O–H groups in total. The second-order valence-corrected chi connectivity index (χ2v) is 8.80. The molecule has 0 saturated carbocycles. The smallest absolute Gasteiger partial charge is 0.259 e. The molecule has 1 aliphatic rings. The first kappa shape index (κ1) is 23.5. The van der Waals surface area contributed by atoms with Crippen LogP contribution >= 0.6 is 0 Å². The lowest BCUT2D eigenvalue weighted by atomic mass is 9.95. The first-order valence-corrected chi connectivity index (χ1v) is 11.8. The molecule has 5 rings (SSSR count). The minimum absolute atomic E-state index is 0.0554. The minimum Gasteiger partial charge on any atom is -0.338 e. The van der Waals surface area contributed by atoms with Crippen LogP contribution in [0.3, 0.4) is 0 Å². The molecule has 1 saturated heterocycles. The summed E-state index contributed by atoms with van der Waals surface area (Å²) in [7, 11) is 0. The molecule has 0 spiro atoms. The number of benzene rings is 2. The van der Waals surface area contributed by atoms with Crippen molar-refractivity contribution in [3.05, 3.63) is 95.9 Å². The summed E-state index contributed by atoms with van der Waals surface area (Å²) in [4.78, 5) is 28.1. The number of amides is 2. The predicted molar refractivity (Wildman–Crippen MR) is 131 cm³/mol. The van der Waals surface area contributed by atoms with Crippen LogP contribution in [0.4, 0.5) is 14.5 Å². The Morgan fingerprint density at radius 2 is 1.67 bits per heavy atom. The van der Waals surface area contributed by atoms with Gasteiger partial charge in [-0.2, -0.15) is 5.10 Å². The van der Waals surface area contributed by atoms with Gasteiger partial charge in [0.1, 0.15) is 17.2 Å². The zero-order chi connectivity index (χ0) is 25.2. The third kappa shape index (κ3) is 4.51. The largest absolute Gasteiger partial charge is 0.338 e. The Kier molecular flexibility index (Phi) is 6.37. The quantitative estimate of drug-likeness (QED) is 0.440. The summed E-state index contributed by atoms with van der Waals surface area (Å²) in [5, 5.41) is 7.22. The fourth-order valence-corrected chi connectivity index (χ4v) is 4.56. The van der Waals surface area contributed by atoms with E-state index in [2.05, 4.69) is 10.4 Å². The number of nitrogens with one attached hydrogen (secondary N) is 1. The minimum atomic E-state index is -0.820. The number of halogens is 2. The van der Waals surface area contributed by atoms with Crippen molar-refractivity contribution in [1.29, 1.82) is 0 Å². The van der Waals surface area contributed by atoms with Gasteiger partial charge in [-0.3, -0.25) is 9.59 Å². The zero-order valence-electron chi connectivity index (χ0n) is 19.7. The Balaban J connectivity index is 1.34. The SMILES string of the molecule is Cc1nn(-c2ccccc2)c(-n2cccc2)c1C(=O)N1CCC(C(=O)Nc2ccc(F)cc2F)CC1. The van der Waals surface area contributed by atoms with E-state index in [9.17, 15) is 18.4 Å². The lowest BCUT2D eigenvalue weighted by Gasteiger charge is -2.31. The number of hydrogen-bond donors (Lipinski definition) is 1. The third-order valence-corrected chi connectivity index (χ3v) is 6.44. The Labute approximate surface area is 207 Å². The van der Waals surface area contributed by atoms with E-state index in [-0.39, 0.29) is 23.4 Å². The van der Waals surface area contributed by atoms with Gasteiger partial charge in [-0.05, 0) is 56.2 Å². The van der Waals surface area contributed by atoms with Crippen LogP contribution in [0.5, 0.6) is 0 Å². The Hall–Kier alpha value is -4.27. The van der Waals surface area contributed by atoms with Crippen LogP contribution in [0.1, 0.15) is 28.9 Å². The van der Waals surface area contributed by atoms with E-state index in [0.29, 0.717) is 43.0 Å². The van der Waals surface area contributed by atoms with Gasteiger partial charge in [-0.1, -0.05) is 18.2 Å². The summed E-state index contributed by atoms with van der Waals surface area (Å²) in [6, 6.07) is 16.4. The fourth-order valence-electron chi connectivity index (χ4n) is 4.56. The highest BCUT2D eigenvalue weighted by atomic mass is 19.1. The molecule has 1 aliphatic heterocycles. The molecular weight excluding hydrogens is 464 g/mol. The average molecular weight is 490 g/mol. The molecule has 0 radical (unpaired) electrons. The molecule has 184 valence electrons. The van der Waals surface area contributed by atoms with Crippen LogP contribution in [0.15, 0.2) is 73.1 Å². The normalized spacial score (nSPS) is 14.1. The predicted octanol–water partition coefficient (Wildman–Crippen LogP) is 4.74. The van der Waals surface area contributed by atoms with Crippen molar-refractivity contribution in [2.24, 2.45) is 5.92 Å². The maximum absolute atomic E-state index is 13.9. The highest BCUT2D eigenvalue weighted by Gasteiger charge is 2.32. The highest BCUT2D eigenvalue weighted by Crippen LogP contribution is 2.27.